The molecule has 1 heterocycles. The molecule has 0 aliphatic rings. The molecule has 0 aromatic carbocycles. The minimum Gasteiger partial charge on any atom is -0.271 e. The van der Waals surface area contributed by atoms with Crippen LogP contribution >= 0.6 is 0 Å². The zero-order valence-electron chi connectivity index (χ0n) is 8.83. The molecule has 1 aromatic heterocycles. The Morgan fingerprint density at radius 2 is 2.47 bits per heavy atom. The Morgan fingerprint density at radius 3 is 3.00 bits per heavy atom. The third kappa shape index (κ3) is 3.11. The van der Waals surface area contributed by atoms with Crippen LogP contribution in [0.25, 0.3) is 0 Å². The molecule has 0 bridgehead atoms. The summed E-state index contributed by atoms with van der Waals surface area (Å²) in [6, 6.07) is 2.63. The fourth-order valence-electron chi connectivity index (χ4n) is 1.32. The lowest BCUT2D eigenvalue weighted by atomic mass is 10.0. The van der Waals surface area contributed by atoms with E-state index in [0.29, 0.717) is 12.1 Å². The quantitative estimate of drug-likeness (QED) is 0.443. The van der Waals surface area contributed by atoms with Crippen molar-refractivity contribution in [3.63, 3.8) is 0 Å². The van der Waals surface area contributed by atoms with Crippen molar-refractivity contribution in [2.45, 2.75) is 25.8 Å². The molecule has 15 heavy (non-hydrogen) atoms. The van der Waals surface area contributed by atoms with Crippen molar-refractivity contribution in [1.82, 2.24) is 10.4 Å². The summed E-state index contributed by atoms with van der Waals surface area (Å²) in [5.41, 5.74) is 3.92. The molecule has 1 unspecified atom stereocenters. The molecule has 82 valence electrons. The van der Waals surface area contributed by atoms with Crippen molar-refractivity contribution < 1.29 is 4.39 Å². The Bertz CT molecular complexity index is 338. The molecule has 1 atom stereocenters. The van der Waals surface area contributed by atoms with E-state index in [9.17, 15) is 4.39 Å². The smallest absolute Gasteiger partial charge is 0.146 e. The first-order valence-corrected chi connectivity index (χ1v) is 4.92. The lowest BCUT2D eigenvalue weighted by molar-refractivity contribution is 0.491. The van der Waals surface area contributed by atoms with Crippen molar-refractivity contribution in [3.8, 4) is 0 Å². The maximum Gasteiger partial charge on any atom is 0.146 e. The molecule has 1 rings (SSSR count). The molecule has 0 radical (unpaired) electrons. The monoisotopic (exact) mass is 209 g/mol. The number of rotatable bonds is 5. The van der Waals surface area contributed by atoms with E-state index < -0.39 is 0 Å². The molecular weight excluding hydrogens is 193 g/mol. The Kier molecular flexibility index (Phi) is 4.39. The van der Waals surface area contributed by atoms with Crippen molar-refractivity contribution >= 4 is 0 Å². The summed E-state index contributed by atoms with van der Waals surface area (Å²) >= 11 is 0. The topological polar surface area (TPSA) is 50.9 Å². The molecule has 4 heteroatoms. The highest BCUT2D eigenvalue weighted by Crippen LogP contribution is 2.21. The lowest BCUT2D eigenvalue weighted by Gasteiger charge is -2.16. The summed E-state index contributed by atoms with van der Waals surface area (Å²) in [7, 11) is 0. The number of nitrogens with one attached hydrogen (secondary N) is 1. The van der Waals surface area contributed by atoms with Crippen LogP contribution in [0.3, 0.4) is 0 Å². The van der Waals surface area contributed by atoms with Crippen molar-refractivity contribution in [2.75, 3.05) is 0 Å². The maximum atomic E-state index is 13.4. The molecule has 1 aromatic rings. The average molecular weight is 209 g/mol. The second kappa shape index (κ2) is 5.58. The molecule has 0 aliphatic carbocycles. The van der Waals surface area contributed by atoms with Crippen LogP contribution in [0.1, 0.15) is 31.5 Å². The van der Waals surface area contributed by atoms with Crippen LogP contribution in [0.2, 0.25) is 0 Å². The van der Waals surface area contributed by atoms with Crippen LogP contribution in [0.4, 0.5) is 4.39 Å². The van der Waals surface area contributed by atoms with Gasteiger partial charge < -0.3 is 0 Å². The van der Waals surface area contributed by atoms with Crippen LogP contribution in [0.5, 0.6) is 0 Å². The van der Waals surface area contributed by atoms with Gasteiger partial charge in [0.1, 0.15) is 5.82 Å². The highest BCUT2D eigenvalue weighted by Gasteiger charge is 2.15. The highest BCUT2D eigenvalue weighted by molar-refractivity contribution is 5.14. The van der Waals surface area contributed by atoms with Crippen LogP contribution in [-0.4, -0.2) is 4.98 Å². The number of halogens is 1. The number of hydrogen-bond acceptors (Lipinski definition) is 3. The molecule has 0 spiro atoms. The average Bonchev–Trinajstić information content (AvgIpc) is 2.26. The number of nitrogens with zero attached hydrogens (tertiary/aromatic N) is 1. The van der Waals surface area contributed by atoms with E-state index in [1.165, 1.54) is 6.07 Å². The Balaban J connectivity index is 2.83. The minimum absolute atomic E-state index is 0.307. The molecule has 3 N–H and O–H groups in total. The number of hydrazine groups is 1. The molecule has 3 nitrogen and oxygen atoms in total. The van der Waals surface area contributed by atoms with Gasteiger partial charge in [0.2, 0.25) is 0 Å². The van der Waals surface area contributed by atoms with Gasteiger partial charge in [-0.15, -0.1) is 0 Å². The van der Waals surface area contributed by atoms with Crippen LogP contribution in [-0.2, 0) is 0 Å². The molecule has 0 aliphatic heterocycles. The predicted molar refractivity (Wildman–Crippen MR) is 58.3 cm³/mol. The summed E-state index contributed by atoms with van der Waals surface area (Å²) in [6.07, 6.45) is 3.00. The number of nitrogens with two attached hydrogens (primary N) is 1. The third-order valence-corrected chi connectivity index (χ3v) is 2.31. The first-order valence-electron chi connectivity index (χ1n) is 4.92. The van der Waals surface area contributed by atoms with Crippen molar-refractivity contribution in [2.24, 2.45) is 5.84 Å². The molecule has 0 fully saturated rings. The number of hydrogen-bond donors (Lipinski definition) is 2. The van der Waals surface area contributed by atoms with Gasteiger partial charge in [0.25, 0.3) is 0 Å². The number of pyridine rings is 1. The fraction of sp³-hybridized carbons (Fsp3) is 0.364. The van der Waals surface area contributed by atoms with E-state index in [2.05, 4.69) is 17.0 Å². The first-order chi connectivity index (χ1) is 7.19. The largest absolute Gasteiger partial charge is 0.271 e. The second-order valence-electron chi connectivity index (χ2n) is 3.40. The summed E-state index contributed by atoms with van der Waals surface area (Å²) in [4.78, 5) is 3.98. The van der Waals surface area contributed by atoms with Crippen molar-refractivity contribution in [3.05, 3.63) is 42.0 Å². The molecular formula is C11H16FN3. The third-order valence-electron chi connectivity index (χ3n) is 2.31. The molecule has 0 saturated heterocycles. The van der Waals surface area contributed by atoms with E-state index in [-0.39, 0.29) is 11.9 Å². The van der Waals surface area contributed by atoms with Gasteiger partial charge in [-0.05, 0) is 25.0 Å². The Labute approximate surface area is 89.2 Å². The van der Waals surface area contributed by atoms with Crippen molar-refractivity contribution in [1.29, 1.82) is 0 Å². The fourth-order valence-corrected chi connectivity index (χ4v) is 1.32. The normalized spacial score (nSPS) is 12.5. The second-order valence-corrected chi connectivity index (χ2v) is 3.40. The highest BCUT2D eigenvalue weighted by atomic mass is 19.1. The first kappa shape index (κ1) is 11.8. The van der Waals surface area contributed by atoms with Gasteiger partial charge in [-0.25, -0.2) is 4.39 Å². The van der Waals surface area contributed by atoms with Gasteiger partial charge in [-0.1, -0.05) is 19.1 Å². The lowest BCUT2D eigenvalue weighted by Crippen LogP contribution is -2.29. The van der Waals surface area contributed by atoms with Gasteiger partial charge in [0.15, 0.2) is 0 Å². The Hall–Kier alpha value is -1.26. The maximum absolute atomic E-state index is 13.4. The number of aromatic nitrogens is 1. The summed E-state index contributed by atoms with van der Waals surface area (Å²) in [5.74, 6) is 5.04. The van der Waals surface area contributed by atoms with E-state index in [0.717, 1.165) is 12.0 Å². The summed E-state index contributed by atoms with van der Waals surface area (Å²) in [5, 5.41) is 0. The van der Waals surface area contributed by atoms with E-state index in [1.54, 1.807) is 12.3 Å². The van der Waals surface area contributed by atoms with Gasteiger partial charge in [0.05, 0.1) is 11.7 Å². The molecule has 0 amide bonds. The van der Waals surface area contributed by atoms with E-state index >= 15 is 0 Å². The summed E-state index contributed by atoms with van der Waals surface area (Å²) < 4.78 is 13.4. The van der Waals surface area contributed by atoms with Gasteiger partial charge in [-0.3, -0.25) is 16.3 Å². The molecule has 0 saturated carbocycles. The minimum atomic E-state index is -0.343. The van der Waals surface area contributed by atoms with Crippen LogP contribution < -0.4 is 11.3 Å². The Morgan fingerprint density at radius 1 is 1.73 bits per heavy atom. The van der Waals surface area contributed by atoms with E-state index in [1.807, 2.05) is 6.92 Å². The predicted octanol–water partition coefficient (Wildman–Crippen LogP) is 2.08. The summed E-state index contributed by atoms with van der Waals surface area (Å²) in [6.45, 7) is 5.87. The standard InChI is InChI=1S/C11H16FN3/c1-3-8(2)7-10(15-13)11-9(12)5-4-6-14-11/h4-6,10,15H,2-3,7,13H2,1H3. The van der Waals surface area contributed by atoms with Gasteiger partial charge in [-0.2, -0.15) is 0 Å². The zero-order chi connectivity index (χ0) is 11.3. The SMILES string of the molecule is C=C(CC)CC(NN)c1ncccc1F. The van der Waals surface area contributed by atoms with Crippen LogP contribution in [0.15, 0.2) is 30.5 Å². The van der Waals surface area contributed by atoms with Gasteiger partial charge in [0, 0.05) is 6.20 Å². The van der Waals surface area contributed by atoms with Gasteiger partial charge >= 0.3 is 0 Å². The zero-order valence-corrected chi connectivity index (χ0v) is 8.83. The van der Waals surface area contributed by atoms with E-state index in [4.69, 9.17) is 5.84 Å². The van der Waals surface area contributed by atoms with Crippen LogP contribution in [0, 0.1) is 5.82 Å².